The van der Waals surface area contributed by atoms with Crippen molar-refractivity contribution < 1.29 is 22.7 Å². The zero-order chi connectivity index (χ0) is 17.7. The molecule has 0 radical (unpaired) electrons. The first kappa shape index (κ1) is 18.4. The lowest BCUT2D eigenvalue weighted by atomic mass is 9.97. The Morgan fingerprint density at radius 2 is 1.92 bits per heavy atom. The number of nitrogens with zero attached hydrogens (tertiary/aromatic N) is 1. The molecule has 132 valence electrons. The summed E-state index contributed by atoms with van der Waals surface area (Å²) in [5, 5.41) is 0. The number of hydrogen-bond donors (Lipinski definition) is 0. The average Bonchev–Trinajstić information content (AvgIpc) is 2.54. The van der Waals surface area contributed by atoms with Gasteiger partial charge in [0.15, 0.2) is 9.84 Å². The zero-order valence-electron chi connectivity index (χ0n) is 14.0. The summed E-state index contributed by atoms with van der Waals surface area (Å²) < 4.78 is 27.6. The van der Waals surface area contributed by atoms with Crippen LogP contribution in [0.5, 0.6) is 0 Å². The van der Waals surface area contributed by atoms with Crippen molar-refractivity contribution >= 4 is 21.7 Å². The molecule has 2 rings (SSSR count). The highest BCUT2D eigenvalue weighted by Crippen LogP contribution is 2.20. The number of sulfone groups is 1. The largest absolute Gasteiger partial charge is 0.466 e. The molecule has 1 aliphatic rings. The van der Waals surface area contributed by atoms with Crippen molar-refractivity contribution in [1.29, 1.82) is 0 Å². The molecule has 1 atom stereocenters. The Bertz CT molecular complexity index is 696. The van der Waals surface area contributed by atoms with Gasteiger partial charge in [0.05, 0.1) is 18.3 Å². The van der Waals surface area contributed by atoms with Crippen molar-refractivity contribution in [3.63, 3.8) is 0 Å². The van der Waals surface area contributed by atoms with E-state index in [1.54, 1.807) is 36.1 Å². The number of likely N-dealkylation sites (tertiary alicyclic amines) is 1. The average molecular weight is 353 g/mol. The van der Waals surface area contributed by atoms with Gasteiger partial charge in [0.2, 0.25) is 0 Å². The minimum atomic E-state index is -3.10. The molecule has 6 nitrogen and oxygen atoms in total. The third-order valence-corrected chi connectivity index (χ3v) is 4.82. The normalized spacial score (nSPS) is 18.2. The van der Waals surface area contributed by atoms with Gasteiger partial charge in [-0.3, -0.25) is 9.59 Å². The van der Waals surface area contributed by atoms with Gasteiger partial charge in [-0.1, -0.05) is 12.1 Å². The van der Waals surface area contributed by atoms with Crippen molar-refractivity contribution in [3.8, 4) is 0 Å². The van der Waals surface area contributed by atoms with E-state index in [9.17, 15) is 18.0 Å². The molecule has 24 heavy (non-hydrogen) atoms. The van der Waals surface area contributed by atoms with Crippen molar-refractivity contribution in [2.24, 2.45) is 5.92 Å². The summed E-state index contributed by atoms with van der Waals surface area (Å²) in [6, 6.07) is 6.58. The van der Waals surface area contributed by atoms with Crippen molar-refractivity contribution in [2.45, 2.75) is 25.5 Å². The van der Waals surface area contributed by atoms with Crippen LogP contribution < -0.4 is 0 Å². The van der Waals surface area contributed by atoms with Gasteiger partial charge in [-0.05, 0) is 37.5 Å². The van der Waals surface area contributed by atoms with Crippen LogP contribution in [0.4, 0.5) is 0 Å². The highest BCUT2D eigenvalue weighted by atomic mass is 32.2. The molecule has 0 unspecified atom stereocenters. The number of hydrogen-bond acceptors (Lipinski definition) is 5. The van der Waals surface area contributed by atoms with E-state index in [-0.39, 0.29) is 23.5 Å². The van der Waals surface area contributed by atoms with Crippen LogP contribution in [0.3, 0.4) is 0 Å². The van der Waals surface area contributed by atoms with Crippen LogP contribution in [-0.2, 0) is 25.1 Å². The number of esters is 1. The van der Waals surface area contributed by atoms with E-state index in [2.05, 4.69) is 0 Å². The van der Waals surface area contributed by atoms with E-state index < -0.39 is 9.84 Å². The summed E-state index contributed by atoms with van der Waals surface area (Å²) in [7, 11) is -3.10. The second-order valence-corrected chi connectivity index (χ2v) is 8.25. The van der Waals surface area contributed by atoms with E-state index in [1.165, 1.54) is 6.26 Å². The first-order valence-electron chi connectivity index (χ1n) is 8.02. The Morgan fingerprint density at radius 1 is 1.25 bits per heavy atom. The van der Waals surface area contributed by atoms with Crippen LogP contribution >= 0.6 is 0 Å². The second-order valence-electron chi connectivity index (χ2n) is 6.11. The SMILES string of the molecule is CCOC(=O)[C@H]1CCCN(C(=O)c2ccc(CS(C)(=O)=O)cc2)C1. The van der Waals surface area contributed by atoms with E-state index in [1.807, 2.05) is 0 Å². The number of carbonyl (C=O) groups excluding carboxylic acids is 2. The van der Waals surface area contributed by atoms with Crippen LogP contribution in [0.15, 0.2) is 24.3 Å². The maximum absolute atomic E-state index is 12.6. The number of amides is 1. The summed E-state index contributed by atoms with van der Waals surface area (Å²) in [5.41, 5.74) is 1.15. The van der Waals surface area contributed by atoms with Gasteiger partial charge in [0.25, 0.3) is 5.91 Å². The highest BCUT2D eigenvalue weighted by Gasteiger charge is 2.29. The summed E-state index contributed by atoms with van der Waals surface area (Å²) in [5.74, 6) is -0.712. The Hall–Kier alpha value is -1.89. The molecule has 1 saturated heterocycles. The molecule has 1 aromatic carbocycles. The Morgan fingerprint density at radius 3 is 2.50 bits per heavy atom. The maximum atomic E-state index is 12.6. The van der Waals surface area contributed by atoms with Crippen molar-refractivity contribution in [3.05, 3.63) is 35.4 Å². The molecular formula is C17H23NO5S. The van der Waals surface area contributed by atoms with Gasteiger partial charge in [0.1, 0.15) is 0 Å². The number of carbonyl (C=O) groups is 2. The molecule has 1 aromatic rings. The van der Waals surface area contributed by atoms with Gasteiger partial charge in [-0.25, -0.2) is 8.42 Å². The topological polar surface area (TPSA) is 80.8 Å². The van der Waals surface area contributed by atoms with E-state index >= 15 is 0 Å². The molecule has 1 amide bonds. The van der Waals surface area contributed by atoms with Crippen LogP contribution in [0.2, 0.25) is 0 Å². The van der Waals surface area contributed by atoms with Crippen LogP contribution in [0.1, 0.15) is 35.7 Å². The van der Waals surface area contributed by atoms with E-state index in [0.29, 0.717) is 30.8 Å². The van der Waals surface area contributed by atoms with E-state index in [0.717, 1.165) is 12.8 Å². The summed E-state index contributed by atoms with van der Waals surface area (Å²) in [6.07, 6.45) is 2.67. The number of piperidine rings is 1. The standard InChI is InChI=1S/C17H23NO5S/c1-3-23-17(20)15-5-4-10-18(11-15)16(19)14-8-6-13(7-9-14)12-24(2,21)22/h6-9,15H,3-5,10-12H2,1-2H3/t15-/m0/s1. The fourth-order valence-electron chi connectivity index (χ4n) is 2.84. The Labute approximate surface area is 142 Å². The van der Waals surface area contributed by atoms with Crippen LogP contribution in [0, 0.1) is 5.92 Å². The fraction of sp³-hybridized carbons (Fsp3) is 0.529. The fourth-order valence-corrected chi connectivity index (χ4v) is 3.64. The van der Waals surface area contributed by atoms with Gasteiger partial charge in [-0.15, -0.1) is 0 Å². The molecule has 0 bridgehead atoms. The first-order valence-corrected chi connectivity index (χ1v) is 10.1. The smallest absolute Gasteiger partial charge is 0.310 e. The molecule has 0 aromatic heterocycles. The lowest BCUT2D eigenvalue weighted by molar-refractivity contribution is -0.149. The van der Waals surface area contributed by atoms with Gasteiger partial charge in [0, 0.05) is 24.9 Å². The predicted octanol–water partition coefficient (Wildman–Crippen LogP) is 1.65. The first-order chi connectivity index (χ1) is 11.3. The molecule has 1 fully saturated rings. The second kappa shape index (κ2) is 7.79. The molecule has 0 N–H and O–H groups in total. The molecular weight excluding hydrogens is 330 g/mol. The van der Waals surface area contributed by atoms with Crippen LogP contribution in [0.25, 0.3) is 0 Å². The van der Waals surface area contributed by atoms with E-state index in [4.69, 9.17) is 4.74 Å². The quantitative estimate of drug-likeness (QED) is 0.752. The Kier molecular flexibility index (Phi) is 5.99. The lowest BCUT2D eigenvalue weighted by Gasteiger charge is -2.31. The monoisotopic (exact) mass is 353 g/mol. The van der Waals surface area contributed by atoms with Gasteiger partial charge < -0.3 is 9.64 Å². The van der Waals surface area contributed by atoms with Gasteiger partial charge in [-0.2, -0.15) is 0 Å². The molecule has 7 heteroatoms. The van der Waals surface area contributed by atoms with Crippen molar-refractivity contribution in [1.82, 2.24) is 4.90 Å². The number of rotatable bonds is 5. The van der Waals surface area contributed by atoms with Crippen molar-refractivity contribution in [2.75, 3.05) is 26.0 Å². The lowest BCUT2D eigenvalue weighted by Crippen LogP contribution is -2.42. The zero-order valence-corrected chi connectivity index (χ0v) is 14.8. The third-order valence-electron chi connectivity index (χ3n) is 3.96. The maximum Gasteiger partial charge on any atom is 0.310 e. The number of benzene rings is 1. The van der Waals surface area contributed by atoms with Gasteiger partial charge >= 0.3 is 5.97 Å². The molecule has 0 spiro atoms. The minimum absolute atomic E-state index is 0.0455. The molecule has 0 aliphatic carbocycles. The minimum Gasteiger partial charge on any atom is -0.466 e. The van der Waals surface area contributed by atoms with Crippen LogP contribution in [-0.4, -0.2) is 51.1 Å². The molecule has 0 saturated carbocycles. The summed E-state index contributed by atoms with van der Waals surface area (Å²) in [6.45, 7) is 3.08. The predicted molar refractivity (Wildman–Crippen MR) is 90.3 cm³/mol. The molecule has 1 aliphatic heterocycles. The molecule has 1 heterocycles. The third kappa shape index (κ3) is 5.06. The number of ether oxygens (including phenoxy) is 1. The summed E-state index contributed by atoms with van der Waals surface area (Å²) in [4.78, 5) is 26.1. The Balaban J connectivity index is 2.04. The summed E-state index contributed by atoms with van der Waals surface area (Å²) >= 11 is 0. The highest BCUT2D eigenvalue weighted by molar-refractivity contribution is 7.89.